The minimum Gasteiger partial charge on any atom is -0.423 e. The SMILES string of the molecule is C=CC(=O)Oc1ccc(/C(C)=C/C=C(\C)c2ccc(OC(=O)C=C)cc2)cc1. The summed E-state index contributed by atoms with van der Waals surface area (Å²) in [6, 6.07) is 14.5. The van der Waals surface area contributed by atoms with Crippen molar-refractivity contribution in [2.45, 2.75) is 13.8 Å². The lowest BCUT2D eigenvalue weighted by Gasteiger charge is -2.05. The van der Waals surface area contributed by atoms with Crippen molar-refractivity contribution in [1.82, 2.24) is 0 Å². The third kappa shape index (κ3) is 5.95. The quantitative estimate of drug-likeness (QED) is 0.283. The number of hydrogen-bond donors (Lipinski definition) is 0. The zero-order chi connectivity index (χ0) is 20.5. The molecule has 4 nitrogen and oxygen atoms in total. The minimum atomic E-state index is -0.483. The second-order valence-electron chi connectivity index (χ2n) is 6.00. The van der Waals surface area contributed by atoms with Crippen LogP contribution >= 0.6 is 0 Å². The van der Waals surface area contributed by atoms with Gasteiger partial charge in [0.15, 0.2) is 0 Å². The summed E-state index contributed by atoms with van der Waals surface area (Å²) in [6.07, 6.45) is 6.29. The molecule has 0 aromatic heterocycles. The van der Waals surface area contributed by atoms with Gasteiger partial charge >= 0.3 is 11.9 Å². The van der Waals surface area contributed by atoms with Crippen molar-refractivity contribution in [1.29, 1.82) is 0 Å². The van der Waals surface area contributed by atoms with Crippen LogP contribution in [-0.4, -0.2) is 11.9 Å². The van der Waals surface area contributed by atoms with Crippen LogP contribution in [0.1, 0.15) is 25.0 Å². The van der Waals surface area contributed by atoms with E-state index in [2.05, 4.69) is 13.2 Å². The third-order valence-corrected chi connectivity index (χ3v) is 3.97. The van der Waals surface area contributed by atoms with Crippen molar-refractivity contribution >= 4 is 23.1 Å². The molecule has 0 aliphatic carbocycles. The highest BCUT2D eigenvalue weighted by Gasteiger charge is 2.02. The van der Waals surface area contributed by atoms with E-state index < -0.39 is 11.9 Å². The van der Waals surface area contributed by atoms with Crippen molar-refractivity contribution < 1.29 is 19.1 Å². The van der Waals surface area contributed by atoms with Crippen LogP contribution < -0.4 is 9.47 Å². The van der Waals surface area contributed by atoms with Crippen molar-refractivity contribution in [2.75, 3.05) is 0 Å². The summed E-state index contributed by atoms with van der Waals surface area (Å²) in [5.74, 6) is -0.0106. The highest BCUT2D eigenvalue weighted by molar-refractivity contribution is 5.84. The molecule has 0 atom stereocenters. The van der Waals surface area contributed by atoms with Gasteiger partial charge in [0.25, 0.3) is 0 Å². The molecule has 2 aromatic carbocycles. The molecule has 0 saturated heterocycles. The van der Waals surface area contributed by atoms with Gasteiger partial charge in [-0.2, -0.15) is 0 Å². The topological polar surface area (TPSA) is 52.6 Å². The van der Waals surface area contributed by atoms with E-state index in [9.17, 15) is 9.59 Å². The Kier molecular flexibility index (Phi) is 7.28. The van der Waals surface area contributed by atoms with E-state index in [1.54, 1.807) is 24.3 Å². The Bertz CT molecular complexity index is 850. The summed E-state index contributed by atoms with van der Waals surface area (Å²) < 4.78 is 10.1. The van der Waals surface area contributed by atoms with Crippen LogP contribution in [0, 0.1) is 0 Å². The molecule has 0 aliphatic heterocycles. The minimum absolute atomic E-state index is 0.477. The third-order valence-electron chi connectivity index (χ3n) is 3.97. The molecule has 0 spiro atoms. The number of esters is 2. The number of carbonyl (C=O) groups excluding carboxylic acids is 2. The number of hydrogen-bond acceptors (Lipinski definition) is 4. The van der Waals surface area contributed by atoms with E-state index in [1.165, 1.54) is 0 Å². The zero-order valence-corrected chi connectivity index (χ0v) is 16.0. The number of benzene rings is 2. The predicted molar refractivity (Wildman–Crippen MR) is 112 cm³/mol. The first-order chi connectivity index (χ1) is 13.4. The highest BCUT2D eigenvalue weighted by atomic mass is 16.5. The van der Waals surface area contributed by atoms with Gasteiger partial charge < -0.3 is 9.47 Å². The van der Waals surface area contributed by atoms with Gasteiger partial charge in [-0.25, -0.2) is 9.59 Å². The van der Waals surface area contributed by atoms with Gasteiger partial charge in [0.2, 0.25) is 0 Å². The highest BCUT2D eigenvalue weighted by Crippen LogP contribution is 2.22. The summed E-state index contributed by atoms with van der Waals surface area (Å²) in [5.41, 5.74) is 4.18. The number of allylic oxidation sites excluding steroid dienone is 4. The van der Waals surface area contributed by atoms with E-state index in [4.69, 9.17) is 9.47 Å². The van der Waals surface area contributed by atoms with Crippen molar-refractivity contribution in [3.05, 3.63) is 97.1 Å². The number of ether oxygens (including phenoxy) is 2. The second-order valence-corrected chi connectivity index (χ2v) is 6.00. The fourth-order valence-corrected chi connectivity index (χ4v) is 2.33. The lowest BCUT2D eigenvalue weighted by Crippen LogP contribution is -2.02. The first-order valence-corrected chi connectivity index (χ1v) is 8.67. The van der Waals surface area contributed by atoms with E-state index in [0.717, 1.165) is 34.4 Å². The molecule has 0 fully saturated rings. The average Bonchev–Trinajstić information content (AvgIpc) is 2.72. The summed E-state index contributed by atoms with van der Waals surface area (Å²) in [4.78, 5) is 22.4. The molecular weight excluding hydrogens is 352 g/mol. The second kappa shape index (κ2) is 9.88. The molecule has 0 N–H and O–H groups in total. The monoisotopic (exact) mass is 374 g/mol. The maximum Gasteiger partial charge on any atom is 0.335 e. The molecule has 0 heterocycles. The Hall–Kier alpha value is -3.66. The van der Waals surface area contributed by atoms with Gasteiger partial charge in [0, 0.05) is 12.2 Å². The molecule has 0 unspecified atom stereocenters. The molecule has 4 heteroatoms. The zero-order valence-electron chi connectivity index (χ0n) is 16.0. The molecule has 142 valence electrons. The fraction of sp³-hybridized carbons (Fsp3) is 0.0833. The van der Waals surface area contributed by atoms with Crippen LogP contribution in [0.2, 0.25) is 0 Å². The summed E-state index contributed by atoms with van der Waals surface area (Å²) in [6.45, 7) is 10.8. The van der Waals surface area contributed by atoms with Crippen LogP contribution in [0.5, 0.6) is 11.5 Å². The molecular formula is C24H22O4. The van der Waals surface area contributed by atoms with Crippen LogP contribution in [0.4, 0.5) is 0 Å². The maximum absolute atomic E-state index is 11.2. The Labute approximate surface area is 165 Å². The maximum atomic E-state index is 11.2. The molecule has 0 amide bonds. The van der Waals surface area contributed by atoms with E-state index in [0.29, 0.717) is 11.5 Å². The van der Waals surface area contributed by atoms with E-state index >= 15 is 0 Å². The Morgan fingerprint density at radius 1 is 0.679 bits per heavy atom. The predicted octanol–water partition coefficient (Wildman–Crippen LogP) is 5.38. The molecule has 0 bridgehead atoms. The van der Waals surface area contributed by atoms with E-state index in [-0.39, 0.29) is 0 Å². The average molecular weight is 374 g/mol. The summed E-state index contributed by atoms with van der Waals surface area (Å²) in [7, 11) is 0. The molecule has 0 radical (unpaired) electrons. The fourth-order valence-electron chi connectivity index (χ4n) is 2.33. The van der Waals surface area contributed by atoms with Crippen molar-refractivity contribution in [3.63, 3.8) is 0 Å². The van der Waals surface area contributed by atoms with Gasteiger partial charge in [0.05, 0.1) is 0 Å². The molecule has 2 aromatic rings. The van der Waals surface area contributed by atoms with Crippen LogP contribution in [0.15, 0.2) is 86.0 Å². The molecule has 2 rings (SSSR count). The standard InChI is InChI=1S/C24H22O4/c1-5-23(25)27-21-13-9-19(10-14-21)17(3)7-8-18(4)20-11-15-22(16-12-20)28-24(26)6-2/h5-16H,1-2H2,3-4H3/b17-7+,18-8+. The van der Waals surface area contributed by atoms with Gasteiger partial charge in [-0.1, -0.05) is 49.6 Å². The lowest BCUT2D eigenvalue weighted by atomic mass is 10.0. The largest absolute Gasteiger partial charge is 0.423 e. The first-order valence-electron chi connectivity index (χ1n) is 8.67. The van der Waals surface area contributed by atoms with Gasteiger partial charge in [-0.05, 0) is 60.4 Å². The Morgan fingerprint density at radius 2 is 1.00 bits per heavy atom. The van der Waals surface area contributed by atoms with E-state index in [1.807, 2.05) is 50.3 Å². The van der Waals surface area contributed by atoms with Gasteiger partial charge in [-0.3, -0.25) is 0 Å². The van der Waals surface area contributed by atoms with Gasteiger partial charge in [0.1, 0.15) is 11.5 Å². The normalized spacial score (nSPS) is 11.5. The molecule has 0 saturated carbocycles. The Balaban J connectivity index is 2.08. The summed E-state index contributed by atoms with van der Waals surface area (Å²) >= 11 is 0. The summed E-state index contributed by atoms with van der Waals surface area (Å²) in [5, 5.41) is 0. The number of rotatable bonds is 7. The van der Waals surface area contributed by atoms with Crippen molar-refractivity contribution in [2.24, 2.45) is 0 Å². The van der Waals surface area contributed by atoms with Crippen molar-refractivity contribution in [3.8, 4) is 11.5 Å². The van der Waals surface area contributed by atoms with Crippen LogP contribution in [0.3, 0.4) is 0 Å². The van der Waals surface area contributed by atoms with Crippen LogP contribution in [-0.2, 0) is 9.59 Å². The smallest absolute Gasteiger partial charge is 0.335 e. The lowest BCUT2D eigenvalue weighted by molar-refractivity contribution is -0.129. The molecule has 28 heavy (non-hydrogen) atoms. The Morgan fingerprint density at radius 3 is 1.29 bits per heavy atom. The number of carbonyl (C=O) groups is 2. The van der Waals surface area contributed by atoms with Gasteiger partial charge in [-0.15, -0.1) is 0 Å². The first kappa shape index (κ1) is 20.6. The molecule has 0 aliphatic rings. The van der Waals surface area contributed by atoms with Crippen LogP contribution in [0.25, 0.3) is 11.1 Å².